The molecule has 0 saturated carbocycles. The van der Waals surface area contributed by atoms with Gasteiger partial charge in [0.05, 0.1) is 12.3 Å². The van der Waals surface area contributed by atoms with Gasteiger partial charge in [-0.05, 0) is 60.5 Å². The summed E-state index contributed by atoms with van der Waals surface area (Å²) in [6, 6.07) is 6.64. The molecule has 24 heavy (non-hydrogen) atoms. The fourth-order valence-corrected chi connectivity index (χ4v) is 4.34. The van der Waals surface area contributed by atoms with Crippen LogP contribution < -0.4 is 4.72 Å². The van der Waals surface area contributed by atoms with E-state index in [1.165, 1.54) is 10.6 Å². The molecule has 1 aromatic carbocycles. The maximum atomic E-state index is 12.7. The summed E-state index contributed by atoms with van der Waals surface area (Å²) in [7, 11) is -2.21. The number of carbonyl (C=O) groups excluding carboxylic acids is 1. The molecule has 2 rings (SSSR count). The number of nitrogens with one attached hydrogen (secondary N) is 1. The Balaban J connectivity index is 2.43. The molecule has 0 aliphatic carbocycles. The molecule has 0 radical (unpaired) electrons. The fraction of sp³-hybridized carbons (Fsp3) is 0.312. The van der Waals surface area contributed by atoms with E-state index in [9.17, 15) is 13.2 Å². The standard InChI is InChI=1S/C16H19BrN2O4S/c1-5-23-16(20)14-9-15(11(3)19(14)4)24(21,22)18-13-7-6-10(2)8-12(13)17/h6-9,18H,5H2,1-4H3. The number of halogens is 1. The number of ether oxygens (including phenoxy) is 1. The second kappa shape index (κ2) is 6.98. The van der Waals surface area contributed by atoms with Crippen LogP contribution in [0.5, 0.6) is 0 Å². The van der Waals surface area contributed by atoms with Crippen molar-refractivity contribution in [3.8, 4) is 0 Å². The minimum Gasteiger partial charge on any atom is -0.461 e. The van der Waals surface area contributed by atoms with Crippen LogP contribution in [0.4, 0.5) is 5.69 Å². The Bertz CT molecular complexity index is 888. The molecule has 0 saturated heterocycles. The Morgan fingerprint density at radius 3 is 2.54 bits per heavy atom. The predicted molar refractivity (Wildman–Crippen MR) is 95.8 cm³/mol. The van der Waals surface area contributed by atoms with Gasteiger partial charge in [-0.2, -0.15) is 0 Å². The lowest BCUT2D eigenvalue weighted by Gasteiger charge is -2.10. The van der Waals surface area contributed by atoms with Crippen LogP contribution in [0.2, 0.25) is 0 Å². The first-order chi connectivity index (χ1) is 11.2. The zero-order valence-corrected chi connectivity index (χ0v) is 16.3. The highest BCUT2D eigenvalue weighted by atomic mass is 79.9. The van der Waals surface area contributed by atoms with Gasteiger partial charge in [0.1, 0.15) is 10.6 Å². The second-order valence-corrected chi connectivity index (χ2v) is 7.85. The zero-order chi connectivity index (χ0) is 18.1. The highest BCUT2D eigenvalue weighted by molar-refractivity contribution is 9.10. The van der Waals surface area contributed by atoms with Crippen molar-refractivity contribution >= 4 is 37.6 Å². The van der Waals surface area contributed by atoms with Crippen molar-refractivity contribution in [1.82, 2.24) is 4.57 Å². The van der Waals surface area contributed by atoms with Gasteiger partial charge < -0.3 is 9.30 Å². The molecule has 0 spiro atoms. The molecule has 0 bridgehead atoms. The molecule has 1 aromatic heterocycles. The first-order valence-corrected chi connectivity index (χ1v) is 9.57. The van der Waals surface area contributed by atoms with Crippen LogP contribution in [-0.4, -0.2) is 25.6 Å². The molecular formula is C16H19BrN2O4S. The van der Waals surface area contributed by atoms with Crippen LogP contribution in [-0.2, 0) is 21.8 Å². The van der Waals surface area contributed by atoms with Crippen molar-refractivity contribution in [2.75, 3.05) is 11.3 Å². The van der Waals surface area contributed by atoms with Gasteiger partial charge in [0.15, 0.2) is 0 Å². The normalized spacial score (nSPS) is 11.4. The Hall–Kier alpha value is -1.80. The lowest BCUT2D eigenvalue weighted by atomic mass is 10.2. The molecule has 0 amide bonds. The fourth-order valence-electron chi connectivity index (χ4n) is 2.25. The van der Waals surface area contributed by atoms with Crippen LogP contribution in [0, 0.1) is 13.8 Å². The molecule has 0 atom stereocenters. The number of hydrogen-bond donors (Lipinski definition) is 1. The third-order valence-corrected chi connectivity index (χ3v) is 5.77. The van der Waals surface area contributed by atoms with Crippen LogP contribution in [0.1, 0.15) is 28.7 Å². The SMILES string of the molecule is CCOC(=O)c1cc(S(=O)(=O)Nc2ccc(C)cc2Br)c(C)n1C. The molecule has 0 fully saturated rings. The van der Waals surface area contributed by atoms with Crippen LogP contribution >= 0.6 is 15.9 Å². The largest absolute Gasteiger partial charge is 0.461 e. The summed E-state index contributed by atoms with van der Waals surface area (Å²) in [5, 5.41) is 0. The van der Waals surface area contributed by atoms with E-state index < -0.39 is 16.0 Å². The van der Waals surface area contributed by atoms with Gasteiger partial charge in [0.25, 0.3) is 10.0 Å². The number of nitrogens with zero attached hydrogens (tertiary/aromatic N) is 1. The van der Waals surface area contributed by atoms with Gasteiger partial charge in [-0.25, -0.2) is 13.2 Å². The number of rotatable bonds is 5. The smallest absolute Gasteiger partial charge is 0.354 e. The zero-order valence-electron chi connectivity index (χ0n) is 13.9. The number of anilines is 1. The van der Waals surface area contributed by atoms with Crippen LogP contribution in [0.25, 0.3) is 0 Å². The summed E-state index contributed by atoms with van der Waals surface area (Å²) in [6.45, 7) is 5.47. The molecule has 6 nitrogen and oxygen atoms in total. The molecule has 0 aliphatic rings. The molecule has 1 N–H and O–H groups in total. The van der Waals surface area contributed by atoms with Crippen molar-refractivity contribution in [2.45, 2.75) is 25.7 Å². The summed E-state index contributed by atoms with van der Waals surface area (Å²) >= 11 is 3.35. The Kier molecular flexibility index (Phi) is 5.39. The number of carbonyl (C=O) groups is 1. The molecule has 2 aromatic rings. The maximum absolute atomic E-state index is 12.7. The Labute approximate surface area is 150 Å². The van der Waals surface area contributed by atoms with Crippen molar-refractivity contribution in [3.05, 3.63) is 45.7 Å². The average Bonchev–Trinajstić information content (AvgIpc) is 2.79. The van der Waals surface area contributed by atoms with Crippen molar-refractivity contribution in [3.63, 3.8) is 0 Å². The van der Waals surface area contributed by atoms with E-state index in [1.54, 1.807) is 27.0 Å². The third-order valence-electron chi connectivity index (χ3n) is 3.63. The van der Waals surface area contributed by atoms with Gasteiger partial charge in [0, 0.05) is 17.2 Å². The molecule has 8 heteroatoms. The van der Waals surface area contributed by atoms with E-state index >= 15 is 0 Å². The Morgan fingerprint density at radius 1 is 1.29 bits per heavy atom. The van der Waals surface area contributed by atoms with Gasteiger partial charge >= 0.3 is 5.97 Å². The lowest BCUT2D eigenvalue weighted by molar-refractivity contribution is 0.0515. The van der Waals surface area contributed by atoms with Gasteiger partial charge in [0.2, 0.25) is 0 Å². The summed E-state index contributed by atoms with van der Waals surface area (Å²) < 4.78 is 35.1. The van der Waals surface area contributed by atoms with E-state index in [4.69, 9.17) is 4.74 Å². The quantitative estimate of drug-likeness (QED) is 0.760. The first-order valence-electron chi connectivity index (χ1n) is 7.29. The highest BCUT2D eigenvalue weighted by Gasteiger charge is 2.25. The topological polar surface area (TPSA) is 77.4 Å². The predicted octanol–water partition coefficient (Wildman–Crippen LogP) is 3.38. The third kappa shape index (κ3) is 3.64. The van der Waals surface area contributed by atoms with Crippen molar-refractivity contribution in [1.29, 1.82) is 0 Å². The number of aryl methyl sites for hydroxylation is 1. The van der Waals surface area contributed by atoms with Gasteiger partial charge in [-0.15, -0.1) is 0 Å². The van der Waals surface area contributed by atoms with E-state index in [0.717, 1.165) is 5.56 Å². The second-order valence-electron chi connectivity index (χ2n) is 5.35. The molecule has 1 heterocycles. The number of sulfonamides is 1. The maximum Gasteiger partial charge on any atom is 0.354 e. The molecule has 130 valence electrons. The molecular weight excluding hydrogens is 396 g/mol. The van der Waals surface area contributed by atoms with E-state index in [-0.39, 0.29) is 17.2 Å². The van der Waals surface area contributed by atoms with E-state index in [1.807, 2.05) is 19.1 Å². The van der Waals surface area contributed by atoms with E-state index in [0.29, 0.717) is 15.9 Å². The number of hydrogen-bond acceptors (Lipinski definition) is 4. The first kappa shape index (κ1) is 18.5. The van der Waals surface area contributed by atoms with E-state index in [2.05, 4.69) is 20.7 Å². The van der Waals surface area contributed by atoms with Crippen LogP contribution in [0.15, 0.2) is 33.6 Å². The van der Waals surface area contributed by atoms with Gasteiger partial charge in [-0.1, -0.05) is 6.07 Å². The lowest BCUT2D eigenvalue weighted by Crippen LogP contribution is -2.14. The molecule has 0 aliphatic heterocycles. The number of benzene rings is 1. The van der Waals surface area contributed by atoms with Crippen molar-refractivity contribution < 1.29 is 17.9 Å². The van der Waals surface area contributed by atoms with Crippen molar-refractivity contribution in [2.24, 2.45) is 7.05 Å². The average molecular weight is 415 g/mol. The van der Waals surface area contributed by atoms with Gasteiger partial charge in [-0.3, -0.25) is 4.72 Å². The van der Waals surface area contributed by atoms with Crippen LogP contribution in [0.3, 0.4) is 0 Å². The summed E-state index contributed by atoms with van der Waals surface area (Å²) in [5.41, 5.74) is 2.08. The number of esters is 1. The minimum absolute atomic E-state index is 0.0422. The monoisotopic (exact) mass is 414 g/mol. The number of aromatic nitrogens is 1. The minimum atomic E-state index is -3.84. The summed E-state index contributed by atoms with van der Waals surface area (Å²) in [4.78, 5) is 12.0. The molecule has 0 unspecified atom stereocenters. The highest BCUT2D eigenvalue weighted by Crippen LogP contribution is 2.28. The summed E-state index contributed by atoms with van der Waals surface area (Å²) in [6.07, 6.45) is 0. The summed E-state index contributed by atoms with van der Waals surface area (Å²) in [5.74, 6) is -0.555. The Morgan fingerprint density at radius 2 is 1.96 bits per heavy atom.